The van der Waals surface area contributed by atoms with Crippen molar-refractivity contribution in [1.29, 1.82) is 0 Å². The standard InChI is InChI=1S/C10H17NO2/c1-4-5-10(2,3)7-6-8(12)11-9(7)13/h7H,4-6H2,1-3H3,(H,11,12,13). The van der Waals surface area contributed by atoms with E-state index in [0.29, 0.717) is 6.42 Å². The van der Waals surface area contributed by atoms with Crippen LogP contribution in [-0.2, 0) is 9.59 Å². The van der Waals surface area contributed by atoms with Gasteiger partial charge in [0, 0.05) is 6.42 Å². The van der Waals surface area contributed by atoms with Crippen LogP contribution in [-0.4, -0.2) is 11.8 Å². The van der Waals surface area contributed by atoms with Crippen LogP contribution < -0.4 is 5.32 Å². The second-order valence-electron chi connectivity index (χ2n) is 4.41. The first kappa shape index (κ1) is 10.2. The van der Waals surface area contributed by atoms with Crippen molar-refractivity contribution in [3.8, 4) is 0 Å². The van der Waals surface area contributed by atoms with Crippen molar-refractivity contribution in [1.82, 2.24) is 5.32 Å². The van der Waals surface area contributed by atoms with E-state index < -0.39 is 0 Å². The molecule has 0 radical (unpaired) electrons. The van der Waals surface area contributed by atoms with E-state index >= 15 is 0 Å². The number of nitrogens with one attached hydrogen (secondary N) is 1. The van der Waals surface area contributed by atoms with Crippen molar-refractivity contribution in [2.45, 2.75) is 40.0 Å². The lowest BCUT2D eigenvalue weighted by Gasteiger charge is -2.28. The second-order valence-corrected chi connectivity index (χ2v) is 4.41. The molecule has 1 unspecified atom stereocenters. The van der Waals surface area contributed by atoms with Gasteiger partial charge in [-0.2, -0.15) is 0 Å². The summed E-state index contributed by atoms with van der Waals surface area (Å²) in [6.07, 6.45) is 2.40. The molecule has 0 aromatic rings. The summed E-state index contributed by atoms with van der Waals surface area (Å²) in [6.45, 7) is 6.20. The Labute approximate surface area is 78.9 Å². The highest BCUT2D eigenvalue weighted by molar-refractivity contribution is 6.03. The minimum Gasteiger partial charge on any atom is -0.296 e. The Bertz CT molecular complexity index is 233. The Hall–Kier alpha value is -0.860. The van der Waals surface area contributed by atoms with E-state index in [1.165, 1.54) is 0 Å². The molecular weight excluding hydrogens is 166 g/mol. The summed E-state index contributed by atoms with van der Waals surface area (Å²) >= 11 is 0. The molecule has 1 aliphatic rings. The third-order valence-electron chi connectivity index (χ3n) is 2.81. The van der Waals surface area contributed by atoms with E-state index in [0.717, 1.165) is 12.8 Å². The Kier molecular flexibility index (Phi) is 2.74. The fourth-order valence-electron chi connectivity index (χ4n) is 2.00. The zero-order valence-electron chi connectivity index (χ0n) is 8.52. The minimum atomic E-state index is -0.126. The van der Waals surface area contributed by atoms with Gasteiger partial charge in [0.1, 0.15) is 0 Å². The highest BCUT2D eigenvalue weighted by Crippen LogP contribution is 2.36. The SMILES string of the molecule is CCCC(C)(C)C1CC(=O)NC1=O. The summed E-state index contributed by atoms with van der Waals surface area (Å²) in [4.78, 5) is 22.4. The van der Waals surface area contributed by atoms with Crippen molar-refractivity contribution >= 4 is 11.8 Å². The molecule has 13 heavy (non-hydrogen) atoms. The van der Waals surface area contributed by atoms with Gasteiger partial charge in [-0.3, -0.25) is 14.9 Å². The molecule has 1 N–H and O–H groups in total. The number of carbonyl (C=O) groups excluding carboxylic acids is 2. The quantitative estimate of drug-likeness (QED) is 0.673. The number of rotatable bonds is 3. The third kappa shape index (κ3) is 2.08. The molecular formula is C10H17NO2. The molecule has 2 amide bonds. The number of amides is 2. The number of hydrogen-bond donors (Lipinski definition) is 1. The molecule has 0 aromatic carbocycles. The highest BCUT2D eigenvalue weighted by Gasteiger charge is 2.40. The van der Waals surface area contributed by atoms with Crippen LogP contribution in [0.3, 0.4) is 0 Å². The molecule has 3 heteroatoms. The van der Waals surface area contributed by atoms with Crippen LogP contribution >= 0.6 is 0 Å². The average Bonchev–Trinajstić information content (AvgIpc) is 2.30. The third-order valence-corrected chi connectivity index (χ3v) is 2.81. The summed E-state index contributed by atoms with van der Waals surface area (Å²) in [5.74, 6) is -0.345. The molecule has 1 heterocycles. The minimum absolute atomic E-state index is 0.0506. The molecule has 0 bridgehead atoms. The predicted molar refractivity (Wildman–Crippen MR) is 49.9 cm³/mol. The number of hydrogen-bond acceptors (Lipinski definition) is 2. The van der Waals surface area contributed by atoms with Crippen LogP contribution in [0.4, 0.5) is 0 Å². The lowest BCUT2D eigenvalue weighted by atomic mass is 9.75. The topological polar surface area (TPSA) is 46.2 Å². The highest BCUT2D eigenvalue weighted by atomic mass is 16.2. The molecule has 0 saturated carbocycles. The summed E-state index contributed by atoms with van der Waals surface area (Å²) < 4.78 is 0. The van der Waals surface area contributed by atoms with E-state index in [1.54, 1.807) is 0 Å². The van der Waals surface area contributed by atoms with E-state index in [1.807, 2.05) is 0 Å². The Morgan fingerprint density at radius 2 is 2.08 bits per heavy atom. The van der Waals surface area contributed by atoms with Crippen LogP contribution in [0.25, 0.3) is 0 Å². The fraction of sp³-hybridized carbons (Fsp3) is 0.800. The van der Waals surface area contributed by atoms with Crippen molar-refractivity contribution < 1.29 is 9.59 Å². The van der Waals surface area contributed by atoms with Crippen molar-refractivity contribution in [3.05, 3.63) is 0 Å². The van der Waals surface area contributed by atoms with Crippen LogP contribution in [0.2, 0.25) is 0 Å². The van der Waals surface area contributed by atoms with E-state index in [4.69, 9.17) is 0 Å². The summed E-state index contributed by atoms with van der Waals surface area (Å²) in [5, 5.41) is 2.35. The Morgan fingerprint density at radius 1 is 1.46 bits per heavy atom. The molecule has 74 valence electrons. The lowest BCUT2D eigenvalue weighted by molar-refractivity contribution is -0.127. The molecule has 0 spiro atoms. The van der Waals surface area contributed by atoms with Gasteiger partial charge >= 0.3 is 0 Å². The van der Waals surface area contributed by atoms with Gasteiger partial charge in [0.25, 0.3) is 0 Å². The van der Waals surface area contributed by atoms with Crippen molar-refractivity contribution in [3.63, 3.8) is 0 Å². The largest absolute Gasteiger partial charge is 0.296 e. The first-order valence-electron chi connectivity index (χ1n) is 4.81. The lowest BCUT2D eigenvalue weighted by Crippen LogP contribution is -2.31. The monoisotopic (exact) mass is 183 g/mol. The maximum absolute atomic E-state index is 11.4. The Balaban J connectivity index is 2.71. The van der Waals surface area contributed by atoms with Gasteiger partial charge in [-0.1, -0.05) is 27.2 Å². The van der Waals surface area contributed by atoms with Gasteiger partial charge in [0.2, 0.25) is 11.8 Å². The number of imide groups is 1. The fourth-order valence-corrected chi connectivity index (χ4v) is 2.00. The van der Waals surface area contributed by atoms with Gasteiger partial charge in [-0.15, -0.1) is 0 Å². The van der Waals surface area contributed by atoms with Crippen molar-refractivity contribution in [2.24, 2.45) is 11.3 Å². The van der Waals surface area contributed by atoms with Gasteiger partial charge in [0.05, 0.1) is 5.92 Å². The number of carbonyl (C=O) groups is 2. The molecule has 1 atom stereocenters. The first-order valence-corrected chi connectivity index (χ1v) is 4.81. The molecule has 1 saturated heterocycles. The van der Waals surface area contributed by atoms with Gasteiger partial charge in [0.15, 0.2) is 0 Å². The normalized spacial score (nSPS) is 23.5. The molecule has 0 aromatic heterocycles. The Morgan fingerprint density at radius 3 is 2.46 bits per heavy atom. The molecule has 1 fully saturated rings. The van der Waals surface area contributed by atoms with Gasteiger partial charge < -0.3 is 0 Å². The van der Waals surface area contributed by atoms with Gasteiger partial charge in [-0.25, -0.2) is 0 Å². The van der Waals surface area contributed by atoms with E-state index in [-0.39, 0.29) is 23.1 Å². The van der Waals surface area contributed by atoms with E-state index in [9.17, 15) is 9.59 Å². The molecule has 0 aliphatic carbocycles. The second kappa shape index (κ2) is 3.48. The predicted octanol–water partition coefficient (Wildman–Crippen LogP) is 1.48. The maximum atomic E-state index is 11.4. The van der Waals surface area contributed by atoms with Crippen LogP contribution in [0, 0.1) is 11.3 Å². The van der Waals surface area contributed by atoms with Crippen LogP contribution in [0.5, 0.6) is 0 Å². The zero-order valence-corrected chi connectivity index (χ0v) is 8.52. The summed E-state index contributed by atoms with van der Waals surface area (Å²) in [5.41, 5.74) is -0.0506. The van der Waals surface area contributed by atoms with Gasteiger partial charge in [-0.05, 0) is 11.8 Å². The molecule has 1 aliphatic heterocycles. The zero-order chi connectivity index (χ0) is 10.1. The van der Waals surface area contributed by atoms with E-state index in [2.05, 4.69) is 26.1 Å². The summed E-state index contributed by atoms with van der Waals surface area (Å²) in [6, 6.07) is 0. The molecule has 1 rings (SSSR count). The maximum Gasteiger partial charge on any atom is 0.230 e. The van der Waals surface area contributed by atoms with Crippen LogP contribution in [0.15, 0.2) is 0 Å². The summed E-state index contributed by atoms with van der Waals surface area (Å²) in [7, 11) is 0. The molecule has 3 nitrogen and oxygen atoms in total. The van der Waals surface area contributed by atoms with Crippen LogP contribution in [0.1, 0.15) is 40.0 Å². The van der Waals surface area contributed by atoms with Crippen molar-refractivity contribution in [2.75, 3.05) is 0 Å². The first-order chi connectivity index (χ1) is 5.97. The smallest absolute Gasteiger partial charge is 0.230 e. The average molecular weight is 183 g/mol.